The summed E-state index contributed by atoms with van der Waals surface area (Å²) in [4.78, 5) is 11.6. The highest BCUT2D eigenvalue weighted by Crippen LogP contribution is 2.22. The number of likely N-dealkylation sites (tertiary alicyclic amines) is 1. The number of hydrogen-bond acceptors (Lipinski definition) is 4. The summed E-state index contributed by atoms with van der Waals surface area (Å²) in [5.74, 6) is 1.48. The molecule has 2 heterocycles. The number of guanidine groups is 1. The van der Waals surface area contributed by atoms with Crippen LogP contribution in [0.25, 0.3) is 11.3 Å². The second-order valence-electron chi connectivity index (χ2n) is 7.49. The predicted molar refractivity (Wildman–Crippen MR) is 139 cm³/mol. The fourth-order valence-corrected chi connectivity index (χ4v) is 4.44. The normalized spacial score (nSPS) is 16.2. The van der Waals surface area contributed by atoms with Crippen molar-refractivity contribution in [3.8, 4) is 11.3 Å². The van der Waals surface area contributed by atoms with E-state index in [1.165, 1.54) is 5.56 Å². The van der Waals surface area contributed by atoms with Crippen LogP contribution in [0.15, 0.2) is 71.0 Å². The fraction of sp³-hybridized carbons (Fsp3) is 0.333. The molecule has 4 rings (SSSR count). The number of nitrogens with one attached hydrogen (secondary N) is 1. The molecule has 0 spiro atoms. The summed E-state index contributed by atoms with van der Waals surface area (Å²) in [5, 5.41) is 6.66. The summed E-state index contributed by atoms with van der Waals surface area (Å²) < 4.78 is 5.94. The largest absolute Gasteiger partial charge is 0.376 e. The van der Waals surface area contributed by atoms with Gasteiger partial charge in [-0.3, -0.25) is 4.99 Å². The van der Waals surface area contributed by atoms with Gasteiger partial charge in [-0.2, -0.15) is 0 Å². The molecule has 1 atom stereocenters. The molecule has 1 aliphatic rings. The topological polar surface area (TPSA) is 49.8 Å². The van der Waals surface area contributed by atoms with Crippen LogP contribution in [0, 0.1) is 5.92 Å². The van der Waals surface area contributed by atoms with Gasteiger partial charge in [-0.1, -0.05) is 60.7 Å². The zero-order valence-corrected chi connectivity index (χ0v) is 20.9. The minimum atomic E-state index is 0. The molecule has 1 unspecified atom stereocenters. The van der Waals surface area contributed by atoms with E-state index in [-0.39, 0.29) is 24.0 Å². The lowest BCUT2D eigenvalue weighted by molar-refractivity contribution is 0.0906. The first-order chi connectivity index (χ1) is 14.8. The second-order valence-corrected chi connectivity index (χ2v) is 8.44. The van der Waals surface area contributed by atoms with Crippen molar-refractivity contribution < 1.29 is 4.74 Å². The van der Waals surface area contributed by atoms with Crippen molar-refractivity contribution in [3.63, 3.8) is 0 Å². The fourth-order valence-electron chi connectivity index (χ4n) is 3.70. The Morgan fingerprint density at radius 3 is 2.65 bits per heavy atom. The Morgan fingerprint density at radius 1 is 1.16 bits per heavy atom. The maximum absolute atomic E-state index is 5.94. The van der Waals surface area contributed by atoms with Gasteiger partial charge >= 0.3 is 0 Å². The quantitative estimate of drug-likeness (QED) is 0.255. The molecule has 1 aromatic heterocycles. The zero-order chi connectivity index (χ0) is 20.6. The molecule has 1 saturated heterocycles. The van der Waals surface area contributed by atoms with Crippen molar-refractivity contribution >= 4 is 41.3 Å². The van der Waals surface area contributed by atoms with E-state index >= 15 is 0 Å². The number of rotatable bonds is 7. The number of ether oxygens (including phenoxy) is 1. The van der Waals surface area contributed by atoms with Gasteiger partial charge in [-0.15, -0.1) is 35.3 Å². The van der Waals surface area contributed by atoms with Gasteiger partial charge in [0.25, 0.3) is 0 Å². The van der Waals surface area contributed by atoms with Crippen LogP contribution in [0.1, 0.15) is 17.0 Å². The van der Waals surface area contributed by atoms with Crippen LogP contribution < -0.4 is 5.32 Å². The molecule has 7 heteroatoms. The number of hydrogen-bond donors (Lipinski definition) is 1. The van der Waals surface area contributed by atoms with E-state index in [0.29, 0.717) is 19.1 Å². The Hall–Kier alpha value is -1.97. The Labute approximate surface area is 205 Å². The number of benzene rings is 2. The maximum Gasteiger partial charge on any atom is 0.194 e. The molecule has 0 bridgehead atoms. The monoisotopic (exact) mass is 548 g/mol. The average Bonchev–Trinajstić information content (AvgIpc) is 3.46. The first kappa shape index (κ1) is 23.7. The van der Waals surface area contributed by atoms with Gasteiger partial charge in [-0.25, -0.2) is 4.98 Å². The van der Waals surface area contributed by atoms with E-state index in [1.807, 2.05) is 31.3 Å². The number of aromatic nitrogens is 1. The van der Waals surface area contributed by atoms with Crippen LogP contribution in [0.4, 0.5) is 0 Å². The summed E-state index contributed by atoms with van der Waals surface area (Å²) in [6.07, 6.45) is 1.13. The smallest absolute Gasteiger partial charge is 0.194 e. The van der Waals surface area contributed by atoms with Gasteiger partial charge in [-0.05, 0) is 12.0 Å². The van der Waals surface area contributed by atoms with Crippen molar-refractivity contribution in [2.45, 2.75) is 19.6 Å². The highest BCUT2D eigenvalue weighted by molar-refractivity contribution is 14.0. The SMILES string of the molecule is CN=C(NCc1nc(-c2ccccc2)cs1)N1CCC(COCc2ccccc2)C1.I. The van der Waals surface area contributed by atoms with Crippen molar-refractivity contribution in [2.75, 3.05) is 26.7 Å². The van der Waals surface area contributed by atoms with Crippen LogP contribution in [-0.4, -0.2) is 42.6 Å². The summed E-state index contributed by atoms with van der Waals surface area (Å²) in [6.45, 7) is 4.14. The lowest BCUT2D eigenvalue weighted by atomic mass is 10.1. The molecule has 5 nitrogen and oxygen atoms in total. The van der Waals surface area contributed by atoms with E-state index in [1.54, 1.807) is 11.3 Å². The molecular weight excluding hydrogens is 519 g/mol. The summed E-state index contributed by atoms with van der Waals surface area (Å²) >= 11 is 1.68. The maximum atomic E-state index is 5.94. The number of aliphatic imine (C=N–C) groups is 1. The first-order valence-electron chi connectivity index (χ1n) is 10.4. The van der Waals surface area contributed by atoms with Gasteiger partial charge in [0.05, 0.1) is 25.5 Å². The predicted octanol–water partition coefficient (Wildman–Crippen LogP) is 5.04. The Kier molecular flexibility index (Phi) is 9.30. The number of thiazole rings is 1. The summed E-state index contributed by atoms with van der Waals surface area (Å²) in [5.41, 5.74) is 3.41. The lowest BCUT2D eigenvalue weighted by Gasteiger charge is -2.21. The standard InChI is InChI=1S/C24H28N4OS.HI/c1-25-24(26-14-23-27-22(18-30-23)21-10-6-3-7-11-21)28-13-12-20(15-28)17-29-16-19-8-4-2-5-9-19;/h2-11,18,20H,12-17H2,1H3,(H,25,26);1H. The Bertz CT molecular complexity index is 948. The van der Waals surface area contributed by atoms with Crippen LogP contribution in [-0.2, 0) is 17.9 Å². The lowest BCUT2D eigenvalue weighted by Crippen LogP contribution is -2.39. The minimum absolute atomic E-state index is 0. The third kappa shape index (κ3) is 6.75. The Balaban J connectivity index is 0.00000272. The highest BCUT2D eigenvalue weighted by Gasteiger charge is 2.25. The molecule has 164 valence electrons. The van der Waals surface area contributed by atoms with Crippen molar-refractivity contribution in [3.05, 3.63) is 76.6 Å². The molecule has 31 heavy (non-hydrogen) atoms. The third-order valence-electron chi connectivity index (χ3n) is 5.28. The molecule has 2 aromatic carbocycles. The highest BCUT2D eigenvalue weighted by atomic mass is 127. The van der Waals surface area contributed by atoms with Crippen LogP contribution in [0.3, 0.4) is 0 Å². The van der Waals surface area contributed by atoms with Gasteiger partial charge in [0.1, 0.15) is 5.01 Å². The minimum Gasteiger partial charge on any atom is -0.376 e. The van der Waals surface area contributed by atoms with Crippen molar-refractivity contribution in [1.82, 2.24) is 15.2 Å². The number of halogens is 1. The van der Waals surface area contributed by atoms with Gasteiger partial charge in [0.2, 0.25) is 0 Å². The van der Waals surface area contributed by atoms with E-state index in [4.69, 9.17) is 9.72 Å². The van der Waals surface area contributed by atoms with Crippen molar-refractivity contribution in [1.29, 1.82) is 0 Å². The molecule has 0 aliphatic carbocycles. The van der Waals surface area contributed by atoms with E-state index in [9.17, 15) is 0 Å². The van der Waals surface area contributed by atoms with E-state index in [0.717, 1.165) is 48.3 Å². The Morgan fingerprint density at radius 2 is 1.90 bits per heavy atom. The van der Waals surface area contributed by atoms with Gasteiger partial charge < -0.3 is 15.0 Å². The van der Waals surface area contributed by atoms with Crippen LogP contribution >= 0.6 is 35.3 Å². The zero-order valence-electron chi connectivity index (χ0n) is 17.7. The van der Waals surface area contributed by atoms with Crippen LogP contribution in [0.5, 0.6) is 0 Å². The molecular formula is C24H29IN4OS. The van der Waals surface area contributed by atoms with Gasteiger partial charge in [0.15, 0.2) is 5.96 Å². The molecule has 1 N–H and O–H groups in total. The molecule has 1 fully saturated rings. The molecule has 0 radical (unpaired) electrons. The molecule has 3 aromatic rings. The summed E-state index contributed by atoms with van der Waals surface area (Å²) in [7, 11) is 1.85. The molecule has 0 amide bonds. The van der Waals surface area contributed by atoms with Gasteiger partial charge in [0, 0.05) is 37.0 Å². The second kappa shape index (κ2) is 12.2. The molecule has 0 saturated carbocycles. The number of nitrogens with zero attached hydrogens (tertiary/aromatic N) is 3. The first-order valence-corrected chi connectivity index (χ1v) is 11.3. The average molecular weight is 548 g/mol. The third-order valence-corrected chi connectivity index (χ3v) is 6.13. The summed E-state index contributed by atoms with van der Waals surface area (Å²) in [6, 6.07) is 20.6. The van der Waals surface area contributed by atoms with E-state index in [2.05, 4.69) is 57.0 Å². The van der Waals surface area contributed by atoms with E-state index < -0.39 is 0 Å². The molecule has 1 aliphatic heterocycles. The van der Waals surface area contributed by atoms with Crippen molar-refractivity contribution in [2.24, 2.45) is 10.9 Å². The van der Waals surface area contributed by atoms with Crippen LogP contribution in [0.2, 0.25) is 0 Å².